The Morgan fingerprint density at radius 3 is 2.54 bits per heavy atom. The van der Waals surface area contributed by atoms with Crippen molar-refractivity contribution in [2.24, 2.45) is 5.92 Å². The van der Waals surface area contributed by atoms with Gasteiger partial charge in [-0.1, -0.05) is 38.1 Å². The third-order valence-electron chi connectivity index (χ3n) is 5.11. The number of nitrogens with zero attached hydrogens (tertiary/aromatic N) is 1. The summed E-state index contributed by atoms with van der Waals surface area (Å²) in [5.41, 5.74) is 2.70. The molecular weight excluding hydrogens is 352 g/mol. The van der Waals surface area contributed by atoms with Crippen LogP contribution in [-0.2, 0) is 4.79 Å². The number of piperidine rings is 1. The van der Waals surface area contributed by atoms with Crippen LogP contribution in [0.5, 0.6) is 5.75 Å². The lowest BCUT2D eigenvalue weighted by Gasteiger charge is -2.34. The normalized spacial score (nSPS) is 16.7. The van der Waals surface area contributed by atoms with Gasteiger partial charge in [-0.15, -0.1) is 0 Å². The molecule has 2 aromatic rings. The molecule has 5 heteroatoms. The molecule has 3 rings (SSSR count). The van der Waals surface area contributed by atoms with Crippen molar-refractivity contribution in [1.29, 1.82) is 0 Å². The van der Waals surface area contributed by atoms with E-state index >= 15 is 0 Å². The maximum Gasteiger partial charge on any atom is 0.251 e. The van der Waals surface area contributed by atoms with Crippen LogP contribution in [0.1, 0.15) is 37.0 Å². The summed E-state index contributed by atoms with van der Waals surface area (Å²) in [6.07, 6.45) is 1.81. The van der Waals surface area contributed by atoms with Gasteiger partial charge in [0.2, 0.25) is 5.91 Å². The van der Waals surface area contributed by atoms with E-state index in [1.807, 2.05) is 67.3 Å². The molecule has 1 atom stereocenters. The van der Waals surface area contributed by atoms with Crippen LogP contribution in [0.15, 0.2) is 48.5 Å². The number of ether oxygens (including phenoxy) is 1. The molecule has 1 aliphatic rings. The molecule has 148 valence electrons. The van der Waals surface area contributed by atoms with E-state index in [1.54, 1.807) is 7.11 Å². The molecule has 5 nitrogen and oxygen atoms in total. The molecule has 28 heavy (non-hydrogen) atoms. The maximum atomic E-state index is 12.6. The number of carbonyl (C=O) groups is 2. The van der Waals surface area contributed by atoms with Gasteiger partial charge in [0.05, 0.1) is 7.11 Å². The lowest BCUT2D eigenvalue weighted by atomic mass is 10.0. The van der Waals surface area contributed by atoms with Crippen LogP contribution < -0.4 is 10.1 Å². The summed E-state index contributed by atoms with van der Waals surface area (Å²) >= 11 is 0. The number of carbonyl (C=O) groups excluding carboxylic acids is 2. The highest BCUT2D eigenvalue weighted by Gasteiger charge is 2.26. The second-order valence-corrected chi connectivity index (χ2v) is 7.56. The third kappa shape index (κ3) is 4.71. The first kappa shape index (κ1) is 19.9. The smallest absolute Gasteiger partial charge is 0.251 e. The molecule has 0 aromatic heterocycles. The van der Waals surface area contributed by atoms with Gasteiger partial charge in [0.15, 0.2) is 0 Å². The lowest BCUT2D eigenvalue weighted by Crippen LogP contribution is -2.50. The van der Waals surface area contributed by atoms with Crippen molar-refractivity contribution in [3.8, 4) is 16.9 Å². The number of hydrogen-bond acceptors (Lipinski definition) is 3. The SMILES string of the molecule is COc1cccc(-c2ccc(C(=O)NC3CCCN(C(=O)C(C)C)C3)cc2)c1. The molecule has 0 radical (unpaired) electrons. The molecule has 1 fully saturated rings. The number of methoxy groups -OCH3 is 1. The molecule has 1 saturated heterocycles. The summed E-state index contributed by atoms with van der Waals surface area (Å²) in [4.78, 5) is 26.7. The van der Waals surface area contributed by atoms with Crippen molar-refractivity contribution in [3.05, 3.63) is 54.1 Å². The maximum absolute atomic E-state index is 12.6. The Labute approximate surface area is 166 Å². The minimum atomic E-state index is -0.0963. The standard InChI is InChI=1S/C23H28N2O3/c1-16(2)23(27)25-13-5-7-20(15-25)24-22(26)18-11-9-17(10-12-18)19-6-4-8-21(14-19)28-3/h4,6,8-12,14,16,20H,5,7,13,15H2,1-3H3,(H,24,26). The molecule has 1 unspecified atom stereocenters. The predicted octanol–water partition coefficient (Wildman–Crippen LogP) is 3.74. The first-order valence-electron chi connectivity index (χ1n) is 9.82. The summed E-state index contributed by atoms with van der Waals surface area (Å²) in [6.45, 7) is 5.19. The van der Waals surface area contributed by atoms with Crippen LogP contribution in [0, 0.1) is 5.92 Å². The number of likely N-dealkylation sites (tertiary alicyclic amines) is 1. The zero-order chi connectivity index (χ0) is 20.1. The molecule has 1 aliphatic heterocycles. The minimum absolute atomic E-state index is 0.00186. The van der Waals surface area contributed by atoms with E-state index in [1.165, 1.54) is 0 Å². The van der Waals surface area contributed by atoms with Crippen LogP contribution in [-0.4, -0.2) is 43.0 Å². The van der Waals surface area contributed by atoms with E-state index in [2.05, 4.69) is 5.32 Å². The number of amides is 2. The molecule has 0 saturated carbocycles. The topological polar surface area (TPSA) is 58.6 Å². The van der Waals surface area contributed by atoms with Crippen LogP contribution in [0.4, 0.5) is 0 Å². The molecule has 0 bridgehead atoms. The fourth-order valence-corrected chi connectivity index (χ4v) is 3.55. The average Bonchev–Trinajstić information content (AvgIpc) is 2.73. The van der Waals surface area contributed by atoms with Crippen molar-refractivity contribution in [2.75, 3.05) is 20.2 Å². The quantitative estimate of drug-likeness (QED) is 0.860. The van der Waals surface area contributed by atoms with Gasteiger partial charge in [-0.3, -0.25) is 9.59 Å². The Balaban J connectivity index is 1.64. The Kier molecular flexibility index (Phi) is 6.34. The van der Waals surface area contributed by atoms with E-state index in [0.717, 1.165) is 36.3 Å². The predicted molar refractivity (Wildman–Crippen MR) is 110 cm³/mol. The molecule has 1 heterocycles. The summed E-state index contributed by atoms with van der Waals surface area (Å²) in [5, 5.41) is 3.08. The zero-order valence-corrected chi connectivity index (χ0v) is 16.8. The molecular formula is C23H28N2O3. The van der Waals surface area contributed by atoms with Gasteiger partial charge < -0.3 is 15.0 Å². The lowest BCUT2D eigenvalue weighted by molar-refractivity contribution is -0.135. The van der Waals surface area contributed by atoms with Crippen molar-refractivity contribution in [2.45, 2.75) is 32.7 Å². The minimum Gasteiger partial charge on any atom is -0.497 e. The zero-order valence-electron chi connectivity index (χ0n) is 16.8. The fraction of sp³-hybridized carbons (Fsp3) is 0.391. The summed E-state index contributed by atoms with van der Waals surface area (Å²) in [6, 6.07) is 15.4. The summed E-state index contributed by atoms with van der Waals surface area (Å²) in [7, 11) is 1.65. The Morgan fingerprint density at radius 1 is 1.11 bits per heavy atom. The second-order valence-electron chi connectivity index (χ2n) is 7.56. The summed E-state index contributed by atoms with van der Waals surface area (Å²) < 4.78 is 5.27. The Morgan fingerprint density at radius 2 is 1.86 bits per heavy atom. The summed E-state index contributed by atoms with van der Waals surface area (Å²) in [5.74, 6) is 0.846. The van der Waals surface area contributed by atoms with E-state index in [0.29, 0.717) is 12.1 Å². The van der Waals surface area contributed by atoms with Crippen LogP contribution in [0.25, 0.3) is 11.1 Å². The monoisotopic (exact) mass is 380 g/mol. The highest BCUT2D eigenvalue weighted by molar-refractivity contribution is 5.95. The fourth-order valence-electron chi connectivity index (χ4n) is 3.55. The Bertz CT molecular complexity index is 830. The first-order chi connectivity index (χ1) is 13.5. The highest BCUT2D eigenvalue weighted by atomic mass is 16.5. The van der Waals surface area contributed by atoms with Gasteiger partial charge >= 0.3 is 0 Å². The number of benzene rings is 2. The van der Waals surface area contributed by atoms with Crippen LogP contribution in [0.2, 0.25) is 0 Å². The Hall–Kier alpha value is -2.82. The van der Waals surface area contributed by atoms with Gasteiger partial charge in [-0.2, -0.15) is 0 Å². The molecule has 2 amide bonds. The average molecular weight is 380 g/mol. The molecule has 2 aromatic carbocycles. The van der Waals surface area contributed by atoms with Crippen molar-refractivity contribution in [3.63, 3.8) is 0 Å². The van der Waals surface area contributed by atoms with E-state index in [-0.39, 0.29) is 23.8 Å². The molecule has 0 spiro atoms. The first-order valence-corrected chi connectivity index (χ1v) is 9.82. The van der Waals surface area contributed by atoms with Gasteiger partial charge in [-0.25, -0.2) is 0 Å². The largest absolute Gasteiger partial charge is 0.497 e. The highest BCUT2D eigenvalue weighted by Crippen LogP contribution is 2.24. The third-order valence-corrected chi connectivity index (χ3v) is 5.11. The van der Waals surface area contributed by atoms with E-state index in [4.69, 9.17) is 4.74 Å². The van der Waals surface area contributed by atoms with E-state index in [9.17, 15) is 9.59 Å². The van der Waals surface area contributed by atoms with Crippen molar-refractivity contribution in [1.82, 2.24) is 10.2 Å². The second kappa shape index (κ2) is 8.91. The van der Waals surface area contributed by atoms with Crippen LogP contribution in [0.3, 0.4) is 0 Å². The van der Waals surface area contributed by atoms with Gasteiger partial charge in [0.25, 0.3) is 5.91 Å². The number of nitrogens with one attached hydrogen (secondary N) is 1. The van der Waals surface area contributed by atoms with Crippen molar-refractivity contribution >= 4 is 11.8 Å². The van der Waals surface area contributed by atoms with Gasteiger partial charge in [0, 0.05) is 30.6 Å². The molecule has 0 aliphatic carbocycles. The van der Waals surface area contributed by atoms with E-state index < -0.39 is 0 Å². The number of hydrogen-bond donors (Lipinski definition) is 1. The van der Waals surface area contributed by atoms with Crippen molar-refractivity contribution < 1.29 is 14.3 Å². The van der Waals surface area contributed by atoms with Crippen LogP contribution >= 0.6 is 0 Å². The number of rotatable bonds is 5. The molecule has 1 N–H and O–H groups in total. The van der Waals surface area contributed by atoms with Gasteiger partial charge in [-0.05, 0) is 48.2 Å². The van der Waals surface area contributed by atoms with Gasteiger partial charge in [0.1, 0.15) is 5.75 Å².